The van der Waals surface area contributed by atoms with E-state index in [0.717, 1.165) is 61.1 Å². The number of aromatic nitrogens is 2. The minimum Gasteiger partial charge on any atom is -0.455 e. The Kier molecular flexibility index (Phi) is 8.51. The van der Waals surface area contributed by atoms with E-state index in [9.17, 15) is 0 Å². The molecule has 1 aliphatic rings. The van der Waals surface area contributed by atoms with Crippen LogP contribution >= 0.6 is 0 Å². The van der Waals surface area contributed by atoms with Crippen LogP contribution in [0.4, 0.5) is 0 Å². The molecule has 0 saturated carbocycles. The highest BCUT2D eigenvalue weighted by Crippen LogP contribution is 2.56. The van der Waals surface area contributed by atoms with Crippen LogP contribution in [0, 0.1) is 6.92 Å². The average Bonchev–Trinajstić information content (AvgIpc) is 3.83. The van der Waals surface area contributed by atoms with Crippen LogP contribution in [0.5, 0.6) is 0 Å². The van der Waals surface area contributed by atoms with E-state index in [0.29, 0.717) is 5.82 Å². The molecule has 0 fully saturated rings. The van der Waals surface area contributed by atoms with Crippen molar-refractivity contribution in [1.29, 1.82) is 0 Å². The SMILES string of the molecule is Cc1ccc2c(oc3c(C(C)(C)C)cccc32)c1-c1ccc(-c2cc(-c3ccc4c(c3)C(c3ccccc3)(c3ccccc3)c3ccccc3-4)nc(-c3ccccc3)n2)cc1. The molecule has 0 amide bonds. The summed E-state index contributed by atoms with van der Waals surface area (Å²) in [7, 11) is 0. The number of hydrogen-bond donors (Lipinski definition) is 0. The van der Waals surface area contributed by atoms with Crippen LogP contribution in [0.15, 0.2) is 199 Å². The first-order valence-corrected chi connectivity index (χ1v) is 21.2. The molecule has 0 unspecified atom stereocenters. The molecule has 8 aromatic carbocycles. The third-order valence-electron chi connectivity index (χ3n) is 12.7. The van der Waals surface area contributed by atoms with Gasteiger partial charge in [-0.15, -0.1) is 0 Å². The highest BCUT2D eigenvalue weighted by Gasteiger charge is 2.46. The minimum atomic E-state index is -0.506. The minimum absolute atomic E-state index is 0.0447. The lowest BCUT2D eigenvalue weighted by Crippen LogP contribution is -2.28. The van der Waals surface area contributed by atoms with Crippen molar-refractivity contribution in [2.24, 2.45) is 0 Å². The van der Waals surface area contributed by atoms with Gasteiger partial charge in [0.2, 0.25) is 0 Å². The van der Waals surface area contributed by atoms with E-state index in [4.69, 9.17) is 14.4 Å². The number of nitrogens with zero attached hydrogens (tertiary/aromatic N) is 2. The van der Waals surface area contributed by atoms with Gasteiger partial charge in [0, 0.05) is 38.6 Å². The number of furan rings is 1. The van der Waals surface area contributed by atoms with Gasteiger partial charge in [0.05, 0.1) is 16.8 Å². The highest BCUT2D eigenvalue weighted by molar-refractivity contribution is 6.11. The van der Waals surface area contributed by atoms with Gasteiger partial charge in [-0.3, -0.25) is 0 Å². The van der Waals surface area contributed by atoms with Gasteiger partial charge in [-0.1, -0.05) is 203 Å². The second-order valence-corrected chi connectivity index (χ2v) is 17.4. The lowest BCUT2D eigenvalue weighted by molar-refractivity contribution is 0.573. The molecule has 0 saturated heterocycles. The molecule has 292 valence electrons. The van der Waals surface area contributed by atoms with E-state index in [1.807, 2.05) is 18.2 Å². The Balaban J connectivity index is 1.07. The average molecular weight is 785 g/mol. The molecule has 11 rings (SSSR count). The molecule has 0 N–H and O–H groups in total. The van der Waals surface area contributed by atoms with Crippen molar-refractivity contribution >= 4 is 21.9 Å². The van der Waals surface area contributed by atoms with Gasteiger partial charge in [-0.05, 0) is 69.0 Å². The Morgan fingerprint density at radius 2 is 1.02 bits per heavy atom. The third-order valence-corrected chi connectivity index (χ3v) is 12.7. The van der Waals surface area contributed by atoms with Crippen LogP contribution in [0.2, 0.25) is 0 Å². The van der Waals surface area contributed by atoms with Gasteiger partial charge in [0.1, 0.15) is 11.2 Å². The van der Waals surface area contributed by atoms with Crippen LogP contribution < -0.4 is 0 Å². The van der Waals surface area contributed by atoms with Crippen molar-refractivity contribution in [3.8, 4) is 56.2 Å². The van der Waals surface area contributed by atoms with Crippen LogP contribution in [-0.4, -0.2) is 9.97 Å². The number of hydrogen-bond acceptors (Lipinski definition) is 3. The normalized spacial score (nSPS) is 13.0. The number of rotatable bonds is 6. The molecule has 1 aliphatic carbocycles. The van der Waals surface area contributed by atoms with Gasteiger partial charge in [-0.25, -0.2) is 9.97 Å². The maximum atomic E-state index is 6.82. The van der Waals surface area contributed by atoms with E-state index in [1.54, 1.807) is 0 Å². The molecule has 3 nitrogen and oxygen atoms in total. The van der Waals surface area contributed by atoms with Gasteiger partial charge in [0.25, 0.3) is 0 Å². The standard InChI is InChI=1S/C58H44N2O/c1-37-27-33-47-46-24-16-26-49(57(2,3)4)54(46)61-55(47)53(37)39-30-28-38(29-31-39)51-36-52(60-56(59-51)40-17-8-5-9-18-40)41-32-34-45-44-23-14-15-25-48(44)58(50(45)35-41,42-19-10-6-11-20-42)43-21-12-7-13-22-43/h5-36H,1-4H3. The Morgan fingerprint density at radius 3 is 1.70 bits per heavy atom. The Bertz CT molecular complexity index is 3230. The first kappa shape index (κ1) is 36.7. The molecule has 0 atom stereocenters. The summed E-state index contributed by atoms with van der Waals surface area (Å²) >= 11 is 0. The van der Waals surface area contributed by atoms with Gasteiger partial charge in [0.15, 0.2) is 5.82 Å². The smallest absolute Gasteiger partial charge is 0.160 e. The van der Waals surface area contributed by atoms with Gasteiger partial charge in [-0.2, -0.15) is 0 Å². The zero-order chi connectivity index (χ0) is 41.3. The van der Waals surface area contributed by atoms with Crippen LogP contribution in [0.25, 0.3) is 78.1 Å². The van der Waals surface area contributed by atoms with E-state index in [2.05, 4.69) is 204 Å². The lowest BCUT2D eigenvalue weighted by Gasteiger charge is -2.34. The summed E-state index contributed by atoms with van der Waals surface area (Å²) in [6.07, 6.45) is 0. The second-order valence-electron chi connectivity index (χ2n) is 17.4. The molecule has 61 heavy (non-hydrogen) atoms. The fourth-order valence-corrected chi connectivity index (χ4v) is 9.78. The lowest BCUT2D eigenvalue weighted by atomic mass is 9.67. The summed E-state index contributed by atoms with van der Waals surface area (Å²) in [6.45, 7) is 8.90. The molecule has 2 aromatic heterocycles. The zero-order valence-corrected chi connectivity index (χ0v) is 34.8. The molecule has 2 heterocycles. The van der Waals surface area contributed by atoms with Gasteiger partial charge < -0.3 is 4.42 Å². The fourth-order valence-electron chi connectivity index (χ4n) is 9.78. The van der Waals surface area contributed by atoms with Crippen molar-refractivity contribution in [3.05, 3.63) is 228 Å². The van der Waals surface area contributed by atoms with Crippen LogP contribution in [-0.2, 0) is 10.8 Å². The predicted octanol–water partition coefficient (Wildman–Crippen LogP) is 15.0. The zero-order valence-electron chi connectivity index (χ0n) is 34.8. The molecule has 0 aliphatic heterocycles. The number of aryl methyl sites for hydroxylation is 1. The molecule has 0 radical (unpaired) electrons. The van der Waals surface area contributed by atoms with Crippen molar-refractivity contribution in [3.63, 3.8) is 0 Å². The maximum absolute atomic E-state index is 6.82. The van der Waals surface area contributed by atoms with Crippen LogP contribution in [0.1, 0.15) is 54.2 Å². The summed E-state index contributed by atoms with van der Waals surface area (Å²) in [5.41, 5.74) is 18.2. The molecule has 3 heteroatoms. The maximum Gasteiger partial charge on any atom is 0.160 e. The van der Waals surface area contributed by atoms with E-state index in [-0.39, 0.29) is 5.41 Å². The van der Waals surface area contributed by atoms with Crippen molar-refractivity contribution in [2.45, 2.75) is 38.5 Å². The van der Waals surface area contributed by atoms with E-state index < -0.39 is 5.41 Å². The van der Waals surface area contributed by atoms with Gasteiger partial charge >= 0.3 is 0 Å². The predicted molar refractivity (Wildman–Crippen MR) is 252 cm³/mol. The molecule has 10 aromatic rings. The molecular weight excluding hydrogens is 741 g/mol. The topological polar surface area (TPSA) is 38.9 Å². The number of para-hydroxylation sites is 1. The van der Waals surface area contributed by atoms with E-state index >= 15 is 0 Å². The Morgan fingerprint density at radius 1 is 0.443 bits per heavy atom. The summed E-state index contributed by atoms with van der Waals surface area (Å²) in [5.74, 6) is 0.691. The van der Waals surface area contributed by atoms with Crippen molar-refractivity contribution in [2.75, 3.05) is 0 Å². The third kappa shape index (κ3) is 5.87. The largest absolute Gasteiger partial charge is 0.455 e. The van der Waals surface area contributed by atoms with E-state index in [1.165, 1.54) is 44.5 Å². The summed E-state index contributed by atoms with van der Waals surface area (Å²) in [4.78, 5) is 10.5. The first-order chi connectivity index (χ1) is 29.8. The number of fused-ring (bicyclic) bond motifs is 6. The molecular formula is C58H44N2O. The monoisotopic (exact) mass is 784 g/mol. The Labute approximate surface area is 357 Å². The summed E-state index contributed by atoms with van der Waals surface area (Å²) < 4.78 is 6.82. The highest BCUT2D eigenvalue weighted by atomic mass is 16.3. The molecule has 0 spiro atoms. The number of benzene rings is 8. The Hall–Kier alpha value is -7.36. The molecule has 0 bridgehead atoms. The van der Waals surface area contributed by atoms with Crippen molar-refractivity contribution in [1.82, 2.24) is 9.97 Å². The second kappa shape index (κ2) is 14.1. The van der Waals surface area contributed by atoms with Crippen molar-refractivity contribution < 1.29 is 4.42 Å². The summed E-state index contributed by atoms with van der Waals surface area (Å²) in [5, 5.41) is 2.29. The summed E-state index contributed by atoms with van der Waals surface area (Å²) in [6, 6.07) is 69.8. The first-order valence-electron chi connectivity index (χ1n) is 21.2. The quantitative estimate of drug-likeness (QED) is 0.169. The fraction of sp³-hybridized carbons (Fsp3) is 0.103. The van der Waals surface area contributed by atoms with Crippen LogP contribution in [0.3, 0.4) is 0 Å².